The highest BCUT2D eigenvalue weighted by molar-refractivity contribution is 6.29. The fourth-order valence-electron chi connectivity index (χ4n) is 5.39. The first kappa shape index (κ1) is 36.7. The van der Waals surface area contributed by atoms with Gasteiger partial charge in [-0.15, -0.1) is 0 Å². The summed E-state index contributed by atoms with van der Waals surface area (Å²) in [5, 5.41) is 2.82. The minimum absolute atomic E-state index is 0.0134. The number of hydrogen-bond acceptors (Lipinski definition) is 6. The molecule has 1 aromatic carbocycles. The Morgan fingerprint density at radius 3 is 2.26 bits per heavy atom. The van der Waals surface area contributed by atoms with Gasteiger partial charge in [0.1, 0.15) is 17.0 Å². The Kier molecular flexibility index (Phi) is 12.1. The van der Waals surface area contributed by atoms with Gasteiger partial charge in [-0.3, -0.25) is 14.4 Å². The van der Waals surface area contributed by atoms with Gasteiger partial charge in [-0.2, -0.15) is 13.2 Å². The largest absolute Gasteiger partial charge is 0.469 e. The predicted molar refractivity (Wildman–Crippen MR) is 168 cm³/mol. The molecule has 2 heterocycles. The number of aryl methyl sites for hydroxylation is 2. The minimum Gasteiger partial charge on any atom is -0.469 e. The van der Waals surface area contributed by atoms with Crippen LogP contribution in [0.5, 0.6) is 0 Å². The summed E-state index contributed by atoms with van der Waals surface area (Å²) in [6.07, 6.45) is -3.93. The zero-order chi connectivity index (χ0) is 34.5. The molecule has 0 saturated carbocycles. The number of nitrogens with one attached hydrogen (secondary N) is 1. The first-order chi connectivity index (χ1) is 21.4. The van der Waals surface area contributed by atoms with E-state index in [1.807, 2.05) is 13.8 Å². The number of alkyl halides is 3. The summed E-state index contributed by atoms with van der Waals surface area (Å²) >= 11 is 6.40. The number of pyridine rings is 2. The average molecular weight is 667 g/mol. The number of carbonyl (C=O) groups is 2. The molecule has 1 amide bonds. The molecule has 1 unspecified atom stereocenters. The van der Waals surface area contributed by atoms with E-state index in [2.05, 4.69) is 10.3 Å². The van der Waals surface area contributed by atoms with Crippen molar-refractivity contribution in [3.05, 3.63) is 85.8 Å². The van der Waals surface area contributed by atoms with Crippen molar-refractivity contribution in [2.24, 2.45) is 5.92 Å². The minimum atomic E-state index is -4.77. The lowest BCUT2D eigenvalue weighted by molar-refractivity contribution is -0.141. The molecule has 13 heteroatoms. The summed E-state index contributed by atoms with van der Waals surface area (Å²) in [4.78, 5) is 45.7. The van der Waals surface area contributed by atoms with Crippen LogP contribution in [0.1, 0.15) is 66.7 Å². The number of carbonyl (C=O) groups excluding carboxylic acids is 2. The zero-order valence-electron chi connectivity index (χ0n) is 26.9. The van der Waals surface area contributed by atoms with Gasteiger partial charge >= 0.3 is 12.1 Å². The molecule has 0 bridgehead atoms. The number of halogens is 5. The van der Waals surface area contributed by atoms with Crippen LogP contribution >= 0.6 is 11.6 Å². The van der Waals surface area contributed by atoms with Gasteiger partial charge in [-0.1, -0.05) is 25.4 Å². The third kappa shape index (κ3) is 9.38. The van der Waals surface area contributed by atoms with Gasteiger partial charge in [0.2, 0.25) is 5.91 Å². The van der Waals surface area contributed by atoms with Crippen molar-refractivity contribution >= 4 is 23.5 Å². The molecule has 0 fully saturated rings. The van der Waals surface area contributed by atoms with Gasteiger partial charge < -0.3 is 19.5 Å². The van der Waals surface area contributed by atoms with Gasteiger partial charge in [-0.05, 0) is 98.8 Å². The Morgan fingerprint density at radius 1 is 1.09 bits per heavy atom. The van der Waals surface area contributed by atoms with E-state index in [0.29, 0.717) is 28.3 Å². The number of amides is 1. The number of esters is 1. The van der Waals surface area contributed by atoms with Crippen molar-refractivity contribution in [2.45, 2.75) is 65.2 Å². The third-order valence-electron chi connectivity index (χ3n) is 7.50. The number of rotatable bonds is 12. The second kappa shape index (κ2) is 15.2. The molecule has 0 radical (unpaired) electrons. The number of benzene rings is 1. The number of nitrogens with zero attached hydrogens (tertiary/aromatic N) is 3. The average Bonchev–Trinajstić information content (AvgIpc) is 2.93. The second-order valence-electron chi connectivity index (χ2n) is 12.0. The summed E-state index contributed by atoms with van der Waals surface area (Å²) < 4.78 is 61.6. The van der Waals surface area contributed by atoms with Crippen LogP contribution in [0.25, 0.3) is 11.1 Å². The lowest BCUT2D eigenvalue weighted by Gasteiger charge is -2.26. The molecular weight excluding hydrogens is 628 g/mol. The highest BCUT2D eigenvalue weighted by Crippen LogP contribution is 2.34. The summed E-state index contributed by atoms with van der Waals surface area (Å²) in [6.45, 7) is 7.37. The molecule has 0 aliphatic heterocycles. The van der Waals surface area contributed by atoms with E-state index in [4.69, 9.17) is 16.3 Å². The number of methoxy groups -OCH3 is 1. The molecule has 0 saturated heterocycles. The highest BCUT2D eigenvalue weighted by Gasteiger charge is 2.36. The maximum absolute atomic E-state index is 14.0. The molecule has 46 heavy (non-hydrogen) atoms. The fraction of sp³-hybridized carbons (Fsp3) is 0.455. The van der Waals surface area contributed by atoms with E-state index in [1.165, 1.54) is 19.2 Å². The Labute approximate surface area is 270 Å². The van der Waals surface area contributed by atoms with Gasteiger partial charge in [0.15, 0.2) is 0 Å². The van der Waals surface area contributed by atoms with E-state index >= 15 is 0 Å². The lowest BCUT2D eigenvalue weighted by atomic mass is 9.94. The molecule has 8 nitrogen and oxygen atoms in total. The fourth-order valence-corrected chi connectivity index (χ4v) is 5.60. The maximum Gasteiger partial charge on any atom is 0.416 e. The van der Waals surface area contributed by atoms with Gasteiger partial charge in [0.05, 0.1) is 30.8 Å². The van der Waals surface area contributed by atoms with Crippen molar-refractivity contribution in [3.63, 3.8) is 0 Å². The van der Waals surface area contributed by atoms with Crippen molar-refractivity contribution in [1.82, 2.24) is 19.8 Å². The standard InChI is InChI=1S/C33H39ClF4N4O4/c1-18(2)10-27(42-17-21(8-9-41(5)6)24(15-29(42)43)33(36,37)38)32(45)40-26(16-30(44)46-7)25-13-22(14-28(34)39-25)31-19(3)11-23(35)12-20(31)4/h11-15,17-18,26-27H,8-10,16H2,1-7H3,(H,40,45)/t26-,27?/m0/s1. The highest BCUT2D eigenvalue weighted by atomic mass is 35.5. The first-order valence-electron chi connectivity index (χ1n) is 14.7. The van der Waals surface area contributed by atoms with Crippen LogP contribution in [0.3, 0.4) is 0 Å². The van der Waals surface area contributed by atoms with Crippen molar-refractivity contribution in [2.75, 3.05) is 27.7 Å². The zero-order valence-corrected chi connectivity index (χ0v) is 27.6. The van der Waals surface area contributed by atoms with Crippen LogP contribution in [0, 0.1) is 25.6 Å². The Morgan fingerprint density at radius 2 is 1.72 bits per heavy atom. The lowest BCUT2D eigenvalue weighted by Crippen LogP contribution is -2.41. The van der Waals surface area contributed by atoms with E-state index in [9.17, 15) is 31.9 Å². The van der Waals surface area contributed by atoms with Gasteiger partial charge in [-0.25, -0.2) is 9.37 Å². The molecule has 3 rings (SSSR count). The van der Waals surface area contributed by atoms with Crippen LogP contribution in [0.4, 0.5) is 17.6 Å². The van der Waals surface area contributed by atoms with E-state index in [-0.39, 0.29) is 48.1 Å². The molecule has 0 aliphatic carbocycles. The summed E-state index contributed by atoms with van der Waals surface area (Å²) in [7, 11) is 4.61. The van der Waals surface area contributed by atoms with Crippen molar-refractivity contribution in [3.8, 4) is 11.1 Å². The summed E-state index contributed by atoms with van der Waals surface area (Å²) in [5.41, 5.74) is 0.540. The molecule has 0 spiro atoms. The second-order valence-corrected chi connectivity index (χ2v) is 12.4. The normalized spacial score (nSPS) is 13.2. The Balaban J connectivity index is 2.12. The van der Waals surface area contributed by atoms with E-state index < -0.39 is 47.1 Å². The maximum atomic E-state index is 14.0. The number of hydrogen-bond donors (Lipinski definition) is 1. The van der Waals surface area contributed by atoms with E-state index in [0.717, 1.165) is 10.8 Å². The third-order valence-corrected chi connectivity index (χ3v) is 7.70. The molecule has 2 atom stereocenters. The van der Waals surface area contributed by atoms with E-state index in [1.54, 1.807) is 45.0 Å². The molecule has 2 aromatic heterocycles. The number of likely N-dealkylation sites (N-methyl/N-ethyl adjacent to an activating group) is 1. The predicted octanol–water partition coefficient (Wildman–Crippen LogP) is 6.45. The van der Waals surface area contributed by atoms with Crippen molar-refractivity contribution in [1.29, 1.82) is 0 Å². The Bertz CT molecular complexity index is 1620. The van der Waals surface area contributed by atoms with Crippen LogP contribution in [0.2, 0.25) is 5.15 Å². The molecule has 250 valence electrons. The molecular formula is C33H39ClF4N4O4. The number of aromatic nitrogens is 2. The van der Waals surface area contributed by atoms with Crippen LogP contribution in [-0.2, 0) is 26.9 Å². The summed E-state index contributed by atoms with van der Waals surface area (Å²) in [6, 6.07) is 4.15. The number of ether oxygens (including phenoxy) is 1. The van der Waals surface area contributed by atoms with Crippen LogP contribution < -0.4 is 10.9 Å². The quantitative estimate of drug-likeness (QED) is 0.136. The molecule has 3 aromatic rings. The SMILES string of the molecule is COC(=O)C[C@H](NC(=O)C(CC(C)C)n1cc(CCN(C)C)c(C(F)(F)F)cc1=O)c1cc(-c2c(C)cc(F)cc2C)cc(Cl)n1. The van der Waals surface area contributed by atoms with Gasteiger partial charge in [0, 0.05) is 18.8 Å². The van der Waals surface area contributed by atoms with Crippen LogP contribution in [-0.4, -0.2) is 54.1 Å². The first-order valence-corrected chi connectivity index (χ1v) is 15.1. The van der Waals surface area contributed by atoms with Gasteiger partial charge in [0.25, 0.3) is 5.56 Å². The molecule has 1 N–H and O–H groups in total. The monoisotopic (exact) mass is 666 g/mol. The Hall–Kier alpha value is -3.77. The smallest absolute Gasteiger partial charge is 0.416 e. The van der Waals surface area contributed by atoms with Crippen LogP contribution in [0.15, 0.2) is 41.3 Å². The molecule has 0 aliphatic rings. The topological polar surface area (TPSA) is 93.5 Å². The summed E-state index contributed by atoms with van der Waals surface area (Å²) in [5.74, 6) is -1.94. The van der Waals surface area contributed by atoms with Crippen molar-refractivity contribution < 1.29 is 31.9 Å².